The number of halogens is 1. The molecule has 2 rings (SSSR count). The molecule has 0 bridgehead atoms. The number of nitrogens with zero attached hydrogens (tertiary/aromatic N) is 1. The van der Waals surface area contributed by atoms with Crippen LogP contribution in [0.5, 0.6) is 17.2 Å². The Bertz CT molecular complexity index is 714. The number of methoxy groups -OCH3 is 1. The lowest BCUT2D eigenvalue weighted by atomic mass is 10.2. The molecule has 0 spiro atoms. The van der Waals surface area contributed by atoms with Crippen LogP contribution in [0.3, 0.4) is 0 Å². The van der Waals surface area contributed by atoms with Gasteiger partial charge in [0.15, 0.2) is 11.5 Å². The van der Waals surface area contributed by atoms with Gasteiger partial charge in [-0.1, -0.05) is 11.6 Å². The smallest absolute Gasteiger partial charge is 0.271 e. The van der Waals surface area contributed by atoms with Crippen LogP contribution in [-0.4, -0.2) is 29.4 Å². The molecule has 0 unspecified atom stereocenters. The van der Waals surface area contributed by atoms with Gasteiger partial charge in [0.1, 0.15) is 5.75 Å². The van der Waals surface area contributed by atoms with Crippen LogP contribution in [-0.2, 0) is 0 Å². The Balaban J connectivity index is 2.08. The first kappa shape index (κ1) is 15.7. The molecule has 0 saturated heterocycles. The zero-order valence-corrected chi connectivity index (χ0v) is 12.3. The summed E-state index contributed by atoms with van der Waals surface area (Å²) in [5.41, 5.74) is 3.25. The summed E-state index contributed by atoms with van der Waals surface area (Å²) < 4.78 is 4.97. The van der Waals surface area contributed by atoms with Crippen molar-refractivity contribution < 1.29 is 19.7 Å². The fraction of sp³-hybridized carbons (Fsp3) is 0.0667. The first-order valence-electron chi connectivity index (χ1n) is 6.20. The van der Waals surface area contributed by atoms with Gasteiger partial charge in [0.2, 0.25) is 0 Å². The standard InChI is InChI=1S/C15H13ClN2O4/c1-22-13-7-9(6-12(16)14(13)20)8-17-18-15(21)10-2-4-11(19)5-3-10/h2-8,19-20H,1H3,(H,18,21)/b17-8-. The van der Waals surface area contributed by atoms with Gasteiger partial charge < -0.3 is 14.9 Å². The van der Waals surface area contributed by atoms with Gasteiger partial charge in [-0.25, -0.2) is 5.43 Å². The number of aromatic hydroxyl groups is 2. The Kier molecular flexibility index (Phi) is 4.85. The molecular weight excluding hydrogens is 308 g/mol. The number of hydrazone groups is 1. The first-order valence-corrected chi connectivity index (χ1v) is 6.58. The fourth-order valence-electron chi connectivity index (χ4n) is 1.67. The van der Waals surface area contributed by atoms with Crippen molar-refractivity contribution in [2.24, 2.45) is 5.10 Å². The van der Waals surface area contributed by atoms with Crippen molar-refractivity contribution in [3.05, 3.63) is 52.5 Å². The number of hydrogen-bond donors (Lipinski definition) is 3. The lowest BCUT2D eigenvalue weighted by Crippen LogP contribution is -2.17. The number of phenolic OH excluding ortho intramolecular Hbond substituents is 2. The highest BCUT2D eigenvalue weighted by Crippen LogP contribution is 2.34. The molecule has 114 valence electrons. The van der Waals surface area contributed by atoms with E-state index < -0.39 is 5.91 Å². The van der Waals surface area contributed by atoms with E-state index in [2.05, 4.69) is 10.5 Å². The summed E-state index contributed by atoms with van der Waals surface area (Å²) in [4.78, 5) is 11.8. The predicted octanol–water partition coefficient (Wildman–Crippen LogP) is 2.52. The second-order valence-corrected chi connectivity index (χ2v) is 4.71. The average molecular weight is 321 g/mol. The molecule has 7 heteroatoms. The molecule has 0 aliphatic rings. The topological polar surface area (TPSA) is 91.2 Å². The van der Waals surface area contributed by atoms with Crippen molar-refractivity contribution in [2.45, 2.75) is 0 Å². The van der Waals surface area contributed by atoms with E-state index in [4.69, 9.17) is 21.4 Å². The van der Waals surface area contributed by atoms with E-state index in [1.807, 2.05) is 0 Å². The second kappa shape index (κ2) is 6.82. The predicted molar refractivity (Wildman–Crippen MR) is 82.8 cm³/mol. The van der Waals surface area contributed by atoms with Crippen molar-refractivity contribution >= 4 is 23.7 Å². The number of carbonyl (C=O) groups is 1. The Morgan fingerprint density at radius 1 is 1.27 bits per heavy atom. The van der Waals surface area contributed by atoms with E-state index in [0.29, 0.717) is 11.1 Å². The van der Waals surface area contributed by atoms with Crippen molar-refractivity contribution in [3.63, 3.8) is 0 Å². The maximum absolute atomic E-state index is 11.8. The highest BCUT2D eigenvalue weighted by Gasteiger charge is 2.08. The number of carbonyl (C=O) groups excluding carboxylic acids is 1. The maximum Gasteiger partial charge on any atom is 0.271 e. The number of ether oxygens (including phenoxy) is 1. The van der Waals surface area contributed by atoms with E-state index in [9.17, 15) is 9.90 Å². The van der Waals surface area contributed by atoms with Gasteiger partial charge in [0.05, 0.1) is 18.3 Å². The molecule has 2 aromatic rings. The van der Waals surface area contributed by atoms with E-state index >= 15 is 0 Å². The monoisotopic (exact) mass is 320 g/mol. The molecule has 22 heavy (non-hydrogen) atoms. The van der Waals surface area contributed by atoms with Crippen molar-refractivity contribution in [1.29, 1.82) is 0 Å². The SMILES string of the molecule is COc1cc(/C=N\NC(=O)c2ccc(O)cc2)cc(Cl)c1O. The summed E-state index contributed by atoms with van der Waals surface area (Å²) in [6, 6.07) is 8.76. The lowest BCUT2D eigenvalue weighted by molar-refractivity contribution is 0.0955. The average Bonchev–Trinajstić information content (AvgIpc) is 2.51. The zero-order valence-electron chi connectivity index (χ0n) is 11.6. The largest absolute Gasteiger partial charge is 0.508 e. The molecule has 0 radical (unpaired) electrons. The minimum absolute atomic E-state index is 0.0749. The molecule has 0 fully saturated rings. The Morgan fingerprint density at radius 2 is 1.95 bits per heavy atom. The molecule has 2 aromatic carbocycles. The molecule has 0 aromatic heterocycles. The van der Waals surface area contributed by atoms with Crippen LogP contribution in [0.25, 0.3) is 0 Å². The molecule has 0 aliphatic heterocycles. The minimum Gasteiger partial charge on any atom is -0.508 e. The lowest BCUT2D eigenvalue weighted by Gasteiger charge is -2.06. The van der Waals surface area contributed by atoms with Crippen molar-refractivity contribution in [1.82, 2.24) is 5.43 Å². The number of nitrogens with one attached hydrogen (secondary N) is 1. The van der Waals surface area contributed by atoms with Gasteiger partial charge in [-0.3, -0.25) is 4.79 Å². The van der Waals surface area contributed by atoms with Gasteiger partial charge in [0, 0.05) is 5.56 Å². The molecule has 0 atom stereocenters. The van der Waals surface area contributed by atoms with Crippen LogP contribution in [0.4, 0.5) is 0 Å². The third-order valence-corrected chi connectivity index (χ3v) is 3.07. The number of rotatable bonds is 4. The highest BCUT2D eigenvalue weighted by atomic mass is 35.5. The summed E-state index contributed by atoms with van der Waals surface area (Å²) in [7, 11) is 1.40. The van der Waals surface area contributed by atoms with Crippen LogP contribution < -0.4 is 10.2 Å². The van der Waals surface area contributed by atoms with E-state index in [1.165, 1.54) is 49.7 Å². The molecule has 0 aliphatic carbocycles. The molecule has 1 amide bonds. The molecule has 0 heterocycles. The van der Waals surface area contributed by atoms with Gasteiger partial charge in [0.25, 0.3) is 5.91 Å². The Hall–Kier alpha value is -2.73. The minimum atomic E-state index is -0.423. The highest BCUT2D eigenvalue weighted by molar-refractivity contribution is 6.32. The van der Waals surface area contributed by atoms with Crippen molar-refractivity contribution in [3.8, 4) is 17.2 Å². The zero-order chi connectivity index (χ0) is 16.1. The third kappa shape index (κ3) is 3.67. The summed E-state index contributed by atoms with van der Waals surface area (Å²) in [5.74, 6) is -0.299. The van der Waals surface area contributed by atoms with E-state index in [0.717, 1.165) is 0 Å². The van der Waals surface area contributed by atoms with Gasteiger partial charge >= 0.3 is 0 Å². The van der Waals surface area contributed by atoms with Crippen LogP contribution in [0.1, 0.15) is 15.9 Å². The van der Waals surface area contributed by atoms with Gasteiger partial charge in [-0.2, -0.15) is 5.10 Å². The van der Waals surface area contributed by atoms with Crippen LogP contribution in [0.15, 0.2) is 41.5 Å². The number of benzene rings is 2. The molecular formula is C15H13ClN2O4. The van der Waals surface area contributed by atoms with Crippen molar-refractivity contribution in [2.75, 3.05) is 7.11 Å². The number of hydrogen-bond acceptors (Lipinski definition) is 5. The van der Waals surface area contributed by atoms with E-state index in [-0.39, 0.29) is 22.3 Å². The molecule has 6 nitrogen and oxygen atoms in total. The Labute approximate surface area is 131 Å². The molecule has 3 N–H and O–H groups in total. The third-order valence-electron chi connectivity index (χ3n) is 2.78. The quantitative estimate of drug-likeness (QED) is 0.596. The van der Waals surface area contributed by atoms with Gasteiger partial charge in [-0.05, 0) is 42.0 Å². The summed E-state index contributed by atoms with van der Waals surface area (Å²) in [5, 5.41) is 22.7. The summed E-state index contributed by atoms with van der Waals surface area (Å²) in [6.07, 6.45) is 1.37. The van der Waals surface area contributed by atoms with E-state index in [1.54, 1.807) is 0 Å². The first-order chi connectivity index (χ1) is 10.5. The van der Waals surface area contributed by atoms with Crippen LogP contribution in [0, 0.1) is 0 Å². The second-order valence-electron chi connectivity index (χ2n) is 4.30. The summed E-state index contributed by atoms with van der Waals surface area (Å²) in [6.45, 7) is 0. The normalized spacial score (nSPS) is 10.6. The number of amides is 1. The van der Waals surface area contributed by atoms with Crippen LogP contribution in [0.2, 0.25) is 5.02 Å². The fourth-order valence-corrected chi connectivity index (χ4v) is 1.89. The summed E-state index contributed by atoms with van der Waals surface area (Å²) >= 11 is 5.85. The van der Waals surface area contributed by atoms with Gasteiger partial charge in [-0.15, -0.1) is 0 Å². The Morgan fingerprint density at radius 3 is 2.59 bits per heavy atom. The van der Waals surface area contributed by atoms with Crippen LogP contribution >= 0.6 is 11.6 Å². The molecule has 0 saturated carbocycles. The maximum atomic E-state index is 11.8. The number of phenols is 2.